The van der Waals surface area contributed by atoms with Gasteiger partial charge in [-0.05, 0) is 6.42 Å². The third kappa shape index (κ3) is 5.26. The molecule has 0 fully saturated rings. The summed E-state index contributed by atoms with van der Waals surface area (Å²) >= 11 is 0. The Bertz CT molecular complexity index is 341. The molecule has 0 saturated carbocycles. The first-order valence-corrected chi connectivity index (χ1v) is 4.25. The van der Waals surface area contributed by atoms with Gasteiger partial charge in [0.2, 0.25) is 0 Å². The van der Waals surface area contributed by atoms with Crippen LogP contribution in [-0.2, 0) is 9.59 Å². The van der Waals surface area contributed by atoms with Gasteiger partial charge in [-0.1, -0.05) is 0 Å². The van der Waals surface area contributed by atoms with Crippen LogP contribution in [0.2, 0.25) is 0 Å². The molecule has 16 heavy (non-hydrogen) atoms. The number of carbonyl (C=O) groups is 2. The van der Waals surface area contributed by atoms with E-state index in [2.05, 4.69) is 4.98 Å². The van der Waals surface area contributed by atoms with Crippen LogP contribution in [0, 0.1) is 0 Å². The van der Waals surface area contributed by atoms with E-state index in [1.54, 1.807) is 0 Å². The number of carboxylic acid groups (broad SMARTS) is 1. The number of aromatic nitrogens is 2. The second kappa shape index (κ2) is 7.39. The zero-order valence-electron chi connectivity index (χ0n) is 8.83. The maximum absolute atomic E-state index is 11.1. The first-order chi connectivity index (χ1) is 7.09. The molecule has 0 radical (unpaired) electrons. The summed E-state index contributed by atoms with van der Waals surface area (Å²) in [5.74, 6) is -1.96. The van der Waals surface area contributed by atoms with Gasteiger partial charge in [0, 0.05) is 18.7 Å². The third-order valence-corrected chi connectivity index (χ3v) is 1.65. The van der Waals surface area contributed by atoms with Crippen molar-refractivity contribution >= 4 is 11.9 Å². The molecule has 1 aromatic rings. The molecule has 7 nitrogen and oxygen atoms in total. The molecule has 0 aliphatic rings. The molecule has 0 amide bonds. The van der Waals surface area contributed by atoms with Crippen molar-refractivity contribution in [3.8, 4) is 0 Å². The van der Waals surface area contributed by atoms with Gasteiger partial charge < -0.3 is 20.5 Å². The second-order valence-electron chi connectivity index (χ2n) is 2.85. The van der Waals surface area contributed by atoms with Crippen molar-refractivity contribution in [2.24, 2.45) is 5.73 Å². The van der Waals surface area contributed by atoms with Crippen LogP contribution in [0.5, 0.6) is 0 Å². The van der Waals surface area contributed by atoms with E-state index in [1.807, 2.05) is 0 Å². The first-order valence-electron chi connectivity index (χ1n) is 4.25. The minimum absolute atomic E-state index is 0. The van der Waals surface area contributed by atoms with Gasteiger partial charge in [0.15, 0.2) is 0 Å². The van der Waals surface area contributed by atoms with Crippen LogP contribution in [-0.4, -0.2) is 27.7 Å². The smallest absolute Gasteiger partial charge is 0.548 e. The molecule has 1 atom stereocenters. The molecule has 0 aliphatic carbocycles. The number of hydrogen-bond acceptors (Lipinski definition) is 6. The normalized spacial score (nSPS) is 11.3. The predicted molar refractivity (Wildman–Crippen MR) is 46.0 cm³/mol. The summed E-state index contributed by atoms with van der Waals surface area (Å²) in [5.41, 5.74) is 5.15. The topological polar surface area (TPSA) is 110 Å². The second-order valence-corrected chi connectivity index (χ2v) is 2.85. The minimum Gasteiger partial charge on any atom is -0.548 e. The van der Waals surface area contributed by atoms with Gasteiger partial charge in [0.1, 0.15) is 6.33 Å². The van der Waals surface area contributed by atoms with Gasteiger partial charge in [-0.3, -0.25) is 0 Å². The fourth-order valence-corrected chi connectivity index (χ4v) is 0.855. The molecule has 1 aromatic heterocycles. The average Bonchev–Trinajstić information content (AvgIpc) is 2.66. The fourth-order valence-electron chi connectivity index (χ4n) is 0.855. The van der Waals surface area contributed by atoms with E-state index in [0.717, 1.165) is 4.73 Å². The monoisotopic (exact) mass is 235 g/mol. The number of carboxylic acids is 1. The summed E-state index contributed by atoms with van der Waals surface area (Å²) in [5, 5.41) is 10.2. The Kier molecular flexibility index (Phi) is 6.98. The van der Waals surface area contributed by atoms with Gasteiger partial charge >= 0.3 is 35.5 Å². The van der Waals surface area contributed by atoms with Crippen molar-refractivity contribution in [1.29, 1.82) is 0 Å². The van der Waals surface area contributed by atoms with Crippen molar-refractivity contribution in [1.82, 2.24) is 9.71 Å². The van der Waals surface area contributed by atoms with Gasteiger partial charge in [-0.15, -0.1) is 0 Å². The summed E-state index contributed by atoms with van der Waals surface area (Å²) in [6.45, 7) is 0. The Morgan fingerprint density at radius 3 is 2.75 bits per heavy atom. The van der Waals surface area contributed by atoms with Crippen LogP contribution in [0.3, 0.4) is 0 Å². The molecule has 82 valence electrons. The van der Waals surface area contributed by atoms with Crippen LogP contribution < -0.4 is 45.2 Å². The zero-order valence-corrected chi connectivity index (χ0v) is 10.8. The molecular formula is C8H10N3NaO4. The molecule has 2 N–H and O–H groups in total. The summed E-state index contributed by atoms with van der Waals surface area (Å²) in [7, 11) is 0. The molecule has 1 heterocycles. The number of imidazole rings is 1. The van der Waals surface area contributed by atoms with E-state index in [1.165, 1.54) is 18.7 Å². The molecule has 0 unspecified atom stereocenters. The molecule has 0 bridgehead atoms. The Hall–Kier alpha value is -0.890. The average molecular weight is 235 g/mol. The molecule has 0 spiro atoms. The van der Waals surface area contributed by atoms with Gasteiger partial charge in [-0.2, -0.15) is 4.73 Å². The van der Waals surface area contributed by atoms with E-state index in [4.69, 9.17) is 10.6 Å². The maximum Gasteiger partial charge on any atom is 1.00 e. The van der Waals surface area contributed by atoms with Gasteiger partial charge in [0.25, 0.3) is 0 Å². The van der Waals surface area contributed by atoms with Gasteiger partial charge in [-0.25, -0.2) is 9.78 Å². The van der Waals surface area contributed by atoms with E-state index in [-0.39, 0.29) is 42.4 Å². The number of nitrogens with zero attached hydrogens (tertiary/aromatic N) is 2. The molecule has 8 heteroatoms. The Morgan fingerprint density at radius 2 is 2.25 bits per heavy atom. The standard InChI is InChI=1S/C8H11N3O4.Na/c9-6(8(13)14)1-2-7(12)15-11-4-3-10-5-11;/h3-6H,1-2,9H2,(H,13,14);/q;+1/p-1/t6-;/m0./s1. The summed E-state index contributed by atoms with van der Waals surface area (Å²) in [6.07, 6.45) is 4.08. The van der Waals surface area contributed by atoms with Crippen LogP contribution in [0.25, 0.3) is 0 Å². The molecular weight excluding hydrogens is 225 g/mol. The van der Waals surface area contributed by atoms with Crippen molar-refractivity contribution in [2.45, 2.75) is 18.9 Å². The molecule has 0 saturated heterocycles. The largest absolute Gasteiger partial charge is 1.00 e. The Balaban J connectivity index is 0.00000225. The quantitative estimate of drug-likeness (QED) is 0.510. The summed E-state index contributed by atoms with van der Waals surface area (Å²) in [6, 6.07) is -1.15. The molecule has 0 aromatic carbocycles. The van der Waals surface area contributed by atoms with E-state index in [0.29, 0.717) is 0 Å². The minimum atomic E-state index is -1.38. The maximum atomic E-state index is 11.1. The molecule has 0 aliphatic heterocycles. The zero-order chi connectivity index (χ0) is 11.3. The van der Waals surface area contributed by atoms with Gasteiger partial charge in [0.05, 0.1) is 12.2 Å². The van der Waals surface area contributed by atoms with Crippen molar-refractivity contribution < 1.29 is 49.1 Å². The number of nitrogens with two attached hydrogens (primary N) is 1. The van der Waals surface area contributed by atoms with Crippen molar-refractivity contribution in [2.75, 3.05) is 0 Å². The summed E-state index contributed by atoms with van der Waals surface area (Å²) in [4.78, 5) is 29.7. The predicted octanol–water partition coefficient (Wildman–Crippen LogP) is -5.30. The summed E-state index contributed by atoms with van der Waals surface area (Å²) < 4.78 is 1.12. The number of hydrogen-bond donors (Lipinski definition) is 1. The van der Waals surface area contributed by atoms with Crippen LogP contribution in [0.1, 0.15) is 12.8 Å². The van der Waals surface area contributed by atoms with Crippen LogP contribution in [0.4, 0.5) is 0 Å². The Morgan fingerprint density at radius 1 is 1.56 bits per heavy atom. The van der Waals surface area contributed by atoms with E-state index in [9.17, 15) is 14.7 Å². The van der Waals surface area contributed by atoms with E-state index >= 15 is 0 Å². The fraction of sp³-hybridized carbons (Fsp3) is 0.375. The molecule has 1 rings (SSSR count). The number of aliphatic carboxylic acids is 1. The van der Waals surface area contributed by atoms with Crippen molar-refractivity contribution in [3.63, 3.8) is 0 Å². The van der Waals surface area contributed by atoms with E-state index < -0.39 is 18.0 Å². The Labute approximate surface area is 114 Å². The first kappa shape index (κ1) is 15.1. The number of carbonyl (C=O) groups excluding carboxylic acids is 2. The van der Waals surface area contributed by atoms with Crippen LogP contribution >= 0.6 is 0 Å². The SMILES string of the molecule is N[C@@H](CCC(=O)On1ccnc1)C(=O)[O-].[Na+]. The van der Waals surface area contributed by atoms with Crippen LogP contribution in [0.15, 0.2) is 18.7 Å². The van der Waals surface area contributed by atoms with Crippen molar-refractivity contribution in [3.05, 3.63) is 18.7 Å². The third-order valence-electron chi connectivity index (χ3n) is 1.65. The number of rotatable bonds is 5.